The third-order valence-electron chi connectivity index (χ3n) is 4.01. The largest absolute Gasteiger partial charge is 0.497 e. The zero-order valence-electron chi connectivity index (χ0n) is 16.0. The van der Waals surface area contributed by atoms with Gasteiger partial charge in [-0.05, 0) is 43.7 Å². The van der Waals surface area contributed by atoms with Crippen LogP contribution in [-0.4, -0.2) is 34.5 Å². The highest BCUT2D eigenvalue weighted by Gasteiger charge is 2.15. The number of thioether (sulfide) groups is 1. The van der Waals surface area contributed by atoms with Gasteiger partial charge in [0.1, 0.15) is 5.75 Å². The smallest absolute Gasteiger partial charge is 0.316 e. The van der Waals surface area contributed by atoms with Gasteiger partial charge in [-0.2, -0.15) is 0 Å². The van der Waals surface area contributed by atoms with Crippen LogP contribution in [0.15, 0.2) is 58.5 Å². The molecule has 0 aliphatic heterocycles. The minimum atomic E-state index is -0.335. The molecule has 0 aliphatic rings. The summed E-state index contributed by atoms with van der Waals surface area (Å²) in [5.74, 6) is 0.503. The Hall–Kier alpha value is -2.80. The Kier molecular flexibility index (Phi) is 6.36. The van der Waals surface area contributed by atoms with Gasteiger partial charge >= 0.3 is 5.97 Å². The van der Waals surface area contributed by atoms with Crippen molar-refractivity contribution < 1.29 is 14.3 Å². The van der Waals surface area contributed by atoms with E-state index in [1.807, 2.05) is 36.4 Å². The first kappa shape index (κ1) is 19.9. The first-order chi connectivity index (χ1) is 13.5. The van der Waals surface area contributed by atoms with Crippen LogP contribution in [0.25, 0.3) is 10.9 Å². The molecule has 0 N–H and O–H groups in total. The van der Waals surface area contributed by atoms with E-state index in [9.17, 15) is 9.59 Å². The van der Waals surface area contributed by atoms with Crippen molar-refractivity contribution in [2.45, 2.75) is 31.7 Å². The van der Waals surface area contributed by atoms with Crippen LogP contribution < -0.4 is 10.3 Å². The third-order valence-corrected chi connectivity index (χ3v) is 4.96. The minimum absolute atomic E-state index is 0.0889. The molecule has 7 heteroatoms. The summed E-state index contributed by atoms with van der Waals surface area (Å²) in [6.45, 7) is 3.95. The molecule has 0 amide bonds. The van der Waals surface area contributed by atoms with Gasteiger partial charge < -0.3 is 9.47 Å². The summed E-state index contributed by atoms with van der Waals surface area (Å²) in [6, 6.07) is 14.7. The van der Waals surface area contributed by atoms with E-state index in [0.29, 0.717) is 22.6 Å². The number of carbonyl (C=O) groups is 1. The minimum Gasteiger partial charge on any atom is -0.497 e. The average molecular weight is 398 g/mol. The van der Waals surface area contributed by atoms with Gasteiger partial charge in [-0.1, -0.05) is 36.0 Å². The number of ether oxygens (including phenoxy) is 2. The van der Waals surface area contributed by atoms with Crippen molar-refractivity contribution in [2.75, 3.05) is 12.9 Å². The molecule has 0 spiro atoms. The normalized spacial score (nSPS) is 11.0. The number of rotatable bonds is 7. The Bertz CT molecular complexity index is 1030. The van der Waals surface area contributed by atoms with E-state index in [1.165, 1.54) is 11.8 Å². The molecular weight excluding hydrogens is 376 g/mol. The maximum atomic E-state index is 13.1. The van der Waals surface area contributed by atoms with Crippen molar-refractivity contribution in [2.24, 2.45) is 0 Å². The summed E-state index contributed by atoms with van der Waals surface area (Å²) in [5.41, 5.74) is 1.41. The summed E-state index contributed by atoms with van der Waals surface area (Å²) in [5, 5.41) is 1.03. The molecule has 0 unspecified atom stereocenters. The second-order valence-corrected chi connectivity index (χ2v) is 7.42. The molecule has 1 heterocycles. The topological polar surface area (TPSA) is 70.4 Å². The van der Waals surface area contributed by atoms with E-state index in [1.54, 1.807) is 37.7 Å². The van der Waals surface area contributed by atoms with Gasteiger partial charge in [-0.25, -0.2) is 4.98 Å². The lowest BCUT2D eigenvalue weighted by atomic mass is 10.2. The molecule has 0 radical (unpaired) electrons. The van der Waals surface area contributed by atoms with E-state index < -0.39 is 0 Å². The van der Waals surface area contributed by atoms with E-state index in [2.05, 4.69) is 4.98 Å². The van der Waals surface area contributed by atoms with Crippen molar-refractivity contribution in [3.8, 4) is 5.75 Å². The van der Waals surface area contributed by atoms with Gasteiger partial charge in [0.25, 0.3) is 5.56 Å². The molecule has 28 heavy (non-hydrogen) atoms. The predicted octanol–water partition coefficient (Wildman–Crippen LogP) is 3.50. The van der Waals surface area contributed by atoms with Gasteiger partial charge in [-0.3, -0.25) is 14.2 Å². The number of fused-ring (bicyclic) bond motifs is 1. The van der Waals surface area contributed by atoms with Crippen LogP contribution in [0.4, 0.5) is 0 Å². The number of hydrogen-bond acceptors (Lipinski definition) is 6. The molecule has 0 saturated carbocycles. The number of methoxy groups -OCH3 is 1. The highest BCUT2D eigenvalue weighted by Crippen LogP contribution is 2.20. The number of esters is 1. The van der Waals surface area contributed by atoms with Crippen molar-refractivity contribution in [3.63, 3.8) is 0 Å². The third kappa shape index (κ3) is 4.72. The Labute approximate surface area is 167 Å². The van der Waals surface area contributed by atoms with Gasteiger partial charge in [0.15, 0.2) is 5.16 Å². The van der Waals surface area contributed by atoms with Crippen molar-refractivity contribution in [1.29, 1.82) is 0 Å². The molecule has 2 aromatic carbocycles. The van der Waals surface area contributed by atoms with Crippen LogP contribution in [0.5, 0.6) is 5.75 Å². The van der Waals surface area contributed by atoms with Gasteiger partial charge in [0, 0.05) is 0 Å². The van der Waals surface area contributed by atoms with Crippen LogP contribution in [0.2, 0.25) is 0 Å². The van der Waals surface area contributed by atoms with Crippen molar-refractivity contribution in [1.82, 2.24) is 9.55 Å². The van der Waals surface area contributed by atoms with Crippen LogP contribution >= 0.6 is 11.8 Å². The van der Waals surface area contributed by atoms with Crippen molar-refractivity contribution in [3.05, 3.63) is 64.4 Å². The van der Waals surface area contributed by atoms with Crippen molar-refractivity contribution >= 4 is 28.6 Å². The number of hydrogen-bond donors (Lipinski definition) is 0. The zero-order chi connectivity index (χ0) is 20.1. The maximum absolute atomic E-state index is 13.1. The highest BCUT2D eigenvalue weighted by molar-refractivity contribution is 7.99. The fourth-order valence-corrected chi connectivity index (χ4v) is 3.51. The van der Waals surface area contributed by atoms with Crippen LogP contribution in [0.3, 0.4) is 0 Å². The van der Waals surface area contributed by atoms with Crippen LogP contribution in [0.1, 0.15) is 19.4 Å². The molecule has 0 aliphatic carbocycles. The number of aromatic nitrogens is 2. The predicted molar refractivity (Wildman–Crippen MR) is 110 cm³/mol. The summed E-state index contributed by atoms with van der Waals surface area (Å²) < 4.78 is 12.0. The molecule has 6 nitrogen and oxygen atoms in total. The lowest BCUT2D eigenvalue weighted by Gasteiger charge is -2.14. The number of carbonyl (C=O) groups excluding carboxylic acids is 1. The molecule has 0 saturated heterocycles. The quantitative estimate of drug-likeness (QED) is 0.345. The van der Waals surface area contributed by atoms with Crippen LogP contribution in [-0.2, 0) is 16.1 Å². The van der Waals surface area contributed by atoms with E-state index >= 15 is 0 Å². The van der Waals surface area contributed by atoms with Gasteiger partial charge in [-0.15, -0.1) is 0 Å². The van der Waals surface area contributed by atoms with Gasteiger partial charge in [0.2, 0.25) is 0 Å². The number of nitrogens with zero attached hydrogens (tertiary/aromatic N) is 2. The molecule has 0 fully saturated rings. The molecule has 3 aromatic rings. The Morgan fingerprint density at radius 3 is 2.54 bits per heavy atom. The lowest BCUT2D eigenvalue weighted by Crippen LogP contribution is -2.24. The summed E-state index contributed by atoms with van der Waals surface area (Å²) in [4.78, 5) is 29.6. The second kappa shape index (κ2) is 8.93. The second-order valence-electron chi connectivity index (χ2n) is 6.48. The van der Waals surface area contributed by atoms with E-state index in [4.69, 9.17) is 9.47 Å². The highest BCUT2D eigenvalue weighted by atomic mass is 32.2. The Morgan fingerprint density at radius 1 is 1.14 bits per heavy atom. The first-order valence-corrected chi connectivity index (χ1v) is 9.91. The van der Waals surface area contributed by atoms with E-state index in [0.717, 1.165) is 11.3 Å². The molecule has 146 valence electrons. The van der Waals surface area contributed by atoms with E-state index in [-0.39, 0.29) is 23.4 Å². The summed E-state index contributed by atoms with van der Waals surface area (Å²) in [7, 11) is 1.61. The Morgan fingerprint density at radius 2 is 1.86 bits per heavy atom. The molecule has 0 bridgehead atoms. The first-order valence-electron chi connectivity index (χ1n) is 8.92. The average Bonchev–Trinajstić information content (AvgIpc) is 2.69. The number of benzene rings is 2. The SMILES string of the molecule is COc1ccc(Cn2c(SCC(=O)OC(C)C)nc3ccccc3c2=O)cc1. The monoisotopic (exact) mass is 398 g/mol. The molecular formula is C21H22N2O4S. The summed E-state index contributed by atoms with van der Waals surface area (Å²) >= 11 is 1.21. The lowest BCUT2D eigenvalue weighted by molar-refractivity contribution is -0.144. The maximum Gasteiger partial charge on any atom is 0.316 e. The summed E-state index contributed by atoms with van der Waals surface area (Å²) in [6.07, 6.45) is -0.181. The fourth-order valence-electron chi connectivity index (χ4n) is 2.73. The molecule has 1 aromatic heterocycles. The fraction of sp³-hybridized carbons (Fsp3) is 0.286. The molecule has 3 rings (SSSR count). The number of para-hydroxylation sites is 1. The molecule has 0 atom stereocenters. The Balaban J connectivity index is 1.96. The standard InChI is InChI=1S/C21H22N2O4S/c1-14(2)27-19(24)13-28-21-22-18-7-5-4-6-17(18)20(25)23(21)12-15-8-10-16(26-3)11-9-15/h4-11,14H,12-13H2,1-3H3. The van der Waals surface area contributed by atoms with Gasteiger partial charge in [0.05, 0.1) is 36.4 Å². The van der Waals surface area contributed by atoms with Crippen LogP contribution in [0, 0.1) is 0 Å². The zero-order valence-corrected chi connectivity index (χ0v) is 16.9.